The molecular formula is C15H21FO2. The molecule has 1 atom stereocenters. The molecule has 1 fully saturated rings. The number of aliphatic hydroxyl groups is 1. The molecule has 1 aliphatic heterocycles. The lowest BCUT2D eigenvalue weighted by Gasteiger charge is -2.26. The second-order valence-corrected chi connectivity index (χ2v) is 5.13. The van der Waals surface area contributed by atoms with Gasteiger partial charge in [-0.1, -0.05) is 12.1 Å². The molecule has 1 N–H and O–H groups in total. The molecular weight excluding hydrogens is 231 g/mol. The summed E-state index contributed by atoms with van der Waals surface area (Å²) in [5.41, 5.74) is 1.62. The smallest absolute Gasteiger partial charge is 0.126 e. The third-order valence-electron chi connectivity index (χ3n) is 3.93. The van der Waals surface area contributed by atoms with Crippen molar-refractivity contribution >= 4 is 0 Å². The number of benzene rings is 1. The third kappa shape index (κ3) is 3.09. The summed E-state index contributed by atoms with van der Waals surface area (Å²) in [5, 5.41) is 9.57. The van der Waals surface area contributed by atoms with Crippen LogP contribution in [0.15, 0.2) is 18.2 Å². The van der Waals surface area contributed by atoms with Crippen molar-refractivity contribution in [3.63, 3.8) is 0 Å². The fourth-order valence-corrected chi connectivity index (χ4v) is 2.75. The highest BCUT2D eigenvalue weighted by molar-refractivity contribution is 5.30. The normalized spacial score (nSPS) is 18.8. The van der Waals surface area contributed by atoms with E-state index in [0.717, 1.165) is 38.0 Å². The standard InChI is InChI=1S/C15H21FO2/c1-11-14(3-2-4-15(11)16)13(10-17)9-12-5-7-18-8-6-12/h2-4,12-13,17H,5-10H2,1H3. The van der Waals surface area contributed by atoms with Crippen LogP contribution in [0.5, 0.6) is 0 Å². The second-order valence-electron chi connectivity index (χ2n) is 5.13. The van der Waals surface area contributed by atoms with Gasteiger partial charge in [0.2, 0.25) is 0 Å². The van der Waals surface area contributed by atoms with Crippen LogP contribution in [0.25, 0.3) is 0 Å². The van der Waals surface area contributed by atoms with Crippen molar-refractivity contribution in [2.45, 2.75) is 32.1 Å². The average molecular weight is 252 g/mol. The molecule has 2 rings (SSSR count). The number of halogens is 1. The molecule has 3 heteroatoms. The van der Waals surface area contributed by atoms with Crippen molar-refractivity contribution in [1.82, 2.24) is 0 Å². The highest BCUT2D eigenvalue weighted by atomic mass is 19.1. The van der Waals surface area contributed by atoms with Crippen molar-refractivity contribution in [3.05, 3.63) is 35.1 Å². The molecule has 18 heavy (non-hydrogen) atoms. The first-order valence-electron chi connectivity index (χ1n) is 6.66. The Hall–Kier alpha value is -0.930. The van der Waals surface area contributed by atoms with Gasteiger partial charge in [-0.05, 0) is 49.3 Å². The highest BCUT2D eigenvalue weighted by Crippen LogP contribution is 2.31. The summed E-state index contributed by atoms with van der Waals surface area (Å²) in [6.07, 6.45) is 3.01. The first-order valence-corrected chi connectivity index (χ1v) is 6.66. The maximum Gasteiger partial charge on any atom is 0.126 e. The van der Waals surface area contributed by atoms with Gasteiger partial charge in [0.25, 0.3) is 0 Å². The predicted molar refractivity (Wildman–Crippen MR) is 69.1 cm³/mol. The van der Waals surface area contributed by atoms with E-state index in [1.54, 1.807) is 13.0 Å². The molecule has 1 aromatic rings. The third-order valence-corrected chi connectivity index (χ3v) is 3.93. The minimum Gasteiger partial charge on any atom is -0.396 e. The van der Waals surface area contributed by atoms with Crippen LogP contribution < -0.4 is 0 Å². The molecule has 1 unspecified atom stereocenters. The molecule has 0 amide bonds. The van der Waals surface area contributed by atoms with Crippen molar-refractivity contribution < 1.29 is 14.2 Å². The quantitative estimate of drug-likeness (QED) is 0.892. The van der Waals surface area contributed by atoms with Gasteiger partial charge in [-0.25, -0.2) is 4.39 Å². The first-order chi connectivity index (χ1) is 8.72. The first kappa shape index (κ1) is 13.5. The van der Waals surface area contributed by atoms with Crippen LogP contribution >= 0.6 is 0 Å². The van der Waals surface area contributed by atoms with Gasteiger partial charge in [0.05, 0.1) is 0 Å². The van der Waals surface area contributed by atoms with Gasteiger partial charge in [-0.2, -0.15) is 0 Å². The van der Waals surface area contributed by atoms with Gasteiger partial charge in [0.1, 0.15) is 5.82 Å². The van der Waals surface area contributed by atoms with E-state index in [1.165, 1.54) is 6.07 Å². The number of aliphatic hydroxyl groups excluding tert-OH is 1. The summed E-state index contributed by atoms with van der Waals surface area (Å²) in [6.45, 7) is 3.49. The Bertz CT molecular complexity index is 386. The molecule has 0 radical (unpaired) electrons. The van der Waals surface area contributed by atoms with Gasteiger partial charge in [0, 0.05) is 25.7 Å². The van der Waals surface area contributed by atoms with Gasteiger partial charge < -0.3 is 9.84 Å². The van der Waals surface area contributed by atoms with Gasteiger partial charge >= 0.3 is 0 Å². The molecule has 1 saturated heterocycles. The Morgan fingerprint density at radius 3 is 2.78 bits per heavy atom. The summed E-state index contributed by atoms with van der Waals surface area (Å²) in [6, 6.07) is 5.13. The Labute approximate surface area is 108 Å². The van der Waals surface area contributed by atoms with Crippen molar-refractivity contribution in [1.29, 1.82) is 0 Å². The van der Waals surface area contributed by atoms with Crippen molar-refractivity contribution in [3.8, 4) is 0 Å². The molecule has 0 aromatic heterocycles. The van der Waals surface area contributed by atoms with E-state index in [0.29, 0.717) is 11.5 Å². The SMILES string of the molecule is Cc1c(F)cccc1C(CO)CC1CCOCC1. The molecule has 100 valence electrons. The Morgan fingerprint density at radius 2 is 2.11 bits per heavy atom. The van der Waals surface area contributed by atoms with E-state index in [1.807, 2.05) is 6.07 Å². The summed E-state index contributed by atoms with van der Waals surface area (Å²) < 4.78 is 18.9. The molecule has 2 nitrogen and oxygen atoms in total. The molecule has 0 aliphatic carbocycles. The minimum atomic E-state index is -0.182. The zero-order valence-corrected chi connectivity index (χ0v) is 10.9. The van der Waals surface area contributed by atoms with E-state index < -0.39 is 0 Å². The van der Waals surface area contributed by atoms with Crippen LogP contribution in [0.2, 0.25) is 0 Å². The number of rotatable bonds is 4. The summed E-state index contributed by atoms with van der Waals surface area (Å²) in [4.78, 5) is 0. The summed E-state index contributed by atoms with van der Waals surface area (Å²) >= 11 is 0. The topological polar surface area (TPSA) is 29.5 Å². The molecule has 0 saturated carbocycles. The highest BCUT2D eigenvalue weighted by Gasteiger charge is 2.21. The Morgan fingerprint density at radius 1 is 1.39 bits per heavy atom. The van der Waals surface area contributed by atoms with Crippen LogP contribution in [-0.4, -0.2) is 24.9 Å². The monoisotopic (exact) mass is 252 g/mol. The maximum absolute atomic E-state index is 13.6. The second kappa shape index (κ2) is 6.30. The molecule has 1 aromatic carbocycles. The van der Waals surface area contributed by atoms with Gasteiger partial charge in [-0.3, -0.25) is 0 Å². The molecule has 1 heterocycles. The summed E-state index contributed by atoms with van der Waals surface area (Å²) in [5.74, 6) is 0.445. The van der Waals surface area contributed by atoms with Gasteiger partial charge in [0.15, 0.2) is 0 Å². The van der Waals surface area contributed by atoms with E-state index >= 15 is 0 Å². The van der Waals surface area contributed by atoms with Crippen LogP contribution in [-0.2, 0) is 4.74 Å². The number of hydrogen-bond acceptors (Lipinski definition) is 2. The fourth-order valence-electron chi connectivity index (χ4n) is 2.75. The zero-order chi connectivity index (χ0) is 13.0. The Kier molecular flexibility index (Phi) is 4.72. The molecule has 0 bridgehead atoms. The maximum atomic E-state index is 13.6. The van der Waals surface area contributed by atoms with E-state index in [9.17, 15) is 9.50 Å². The number of ether oxygens (including phenoxy) is 1. The van der Waals surface area contributed by atoms with E-state index in [2.05, 4.69) is 0 Å². The van der Waals surface area contributed by atoms with Crippen molar-refractivity contribution in [2.24, 2.45) is 5.92 Å². The van der Waals surface area contributed by atoms with Crippen LogP contribution in [0.4, 0.5) is 4.39 Å². The lowest BCUT2D eigenvalue weighted by atomic mass is 9.84. The predicted octanol–water partition coefficient (Wildman–Crippen LogP) is 3.03. The van der Waals surface area contributed by atoms with Crippen LogP contribution in [0, 0.1) is 18.7 Å². The molecule has 0 spiro atoms. The van der Waals surface area contributed by atoms with Crippen LogP contribution in [0.1, 0.15) is 36.3 Å². The Balaban J connectivity index is 2.09. The van der Waals surface area contributed by atoms with Crippen molar-refractivity contribution in [2.75, 3.05) is 19.8 Å². The molecule has 1 aliphatic rings. The minimum absolute atomic E-state index is 0.0452. The zero-order valence-electron chi connectivity index (χ0n) is 10.9. The largest absolute Gasteiger partial charge is 0.396 e. The lowest BCUT2D eigenvalue weighted by Crippen LogP contribution is -2.20. The fraction of sp³-hybridized carbons (Fsp3) is 0.600. The lowest BCUT2D eigenvalue weighted by molar-refractivity contribution is 0.0591. The van der Waals surface area contributed by atoms with E-state index in [-0.39, 0.29) is 18.3 Å². The summed E-state index contributed by atoms with van der Waals surface area (Å²) in [7, 11) is 0. The average Bonchev–Trinajstić information content (AvgIpc) is 2.41. The number of hydrogen-bond donors (Lipinski definition) is 1. The van der Waals surface area contributed by atoms with Gasteiger partial charge in [-0.15, -0.1) is 0 Å². The van der Waals surface area contributed by atoms with Crippen LogP contribution in [0.3, 0.4) is 0 Å². The van der Waals surface area contributed by atoms with E-state index in [4.69, 9.17) is 4.74 Å².